The van der Waals surface area contributed by atoms with Gasteiger partial charge in [0, 0.05) is 6.20 Å². The number of hydrogen-bond donors (Lipinski definition) is 2. The molecule has 3 heterocycles. The Kier molecular flexibility index (Phi) is 6.82. The zero-order chi connectivity index (χ0) is 26.4. The zero-order valence-electron chi connectivity index (χ0n) is 18.0. The Balaban J connectivity index is 1.83. The summed E-state index contributed by atoms with van der Waals surface area (Å²) in [6, 6.07) is 5.79. The summed E-state index contributed by atoms with van der Waals surface area (Å²) in [5, 5.41) is 11.4. The molecule has 0 bridgehead atoms. The molecule has 4 rings (SSSR count). The number of aryl methyl sites for hydroxylation is 1. The van der Waals surface area contributed by atoms with Gasteiger partial charge in [-0.15, -0.1) is 0 Å². The topological polar surface area (TPSA) is 110 Å². The number of anilines is 1. The maximum Gasteiger partial charge on any atom is 0.418 e. The van der Waals surface area contributed by atoms with E-state index in [0.717, 1.165) is 22.8 Å². The van der Waals surface area contributed by atoms with Crippen LogP contribution in [0.4, 0.5) is 18.9 Å². The van der Waals surface area contributed by atoms with E-state index in [1.54, 1.807) is 0 Å². The summed E-state index contributed by atoms with van der Waals surface area (Å²) in [5.41, 5.74) is -2.42. The summed E-state index contributed by atoms with van der Waals surface area (Å²) >= 11 is 17.8. The van der Waals surface area contributed by atoms with Crippen molar-refractivity contribution >= 4 is 57.3 Å². The highest BCUT2D eigenvalue weighted by Gasteiger charge is 2.34. The SMILES string of the molecule is Cc1nc2c(Cl)ccc(NC(=O)c3cc(Cl)c(O)c(Cl)n3)c2c(=O)n1Cc1ncccc1C(F)(F)F. The molecule has 2 N–H and O–H groups in total. The number of hydrogen-bond acceptors (Lipinski definition) is 6. The standard InChI is InChI=1S/C22H13Cl3F3N5O3/c1-9-30-17-11(23)4-5-13(32-20(35)14-7-12(24)18(34)19(25)31-14)16(17)21(36)33(9)8-15-10(22(26,27)28)3-2-6-29-15/h2-7,34H,8H2,1H3,(H,32,35). The number of aromatic nitrogens is 4. The van der Waals surface area contributed by atoms with Gasteiger partial charge in [0.05, 0.1) is 44.4 Å². The smallest absolute Gasteiger partial charge is 0.418 e. The number of carbonyl (C=O) groups excluding carboxylic acids is 1. The van der Waals surface area contributed by atoms with Crippen molar-refractivity contribution in [3.05, 3.63) is 84.9 Å². The van der Waals surface area contributed by atoms with Crippen LogP contribution in [0.15, 0.2) is 41.3 Å². The van der Waals surface area contributed by atoms with Gasteiger partial charge >= 0.3 is 6.18 Å². The quantitative estimate of drug-likeness (QED) is 0.321. The van der Waals surface area contributed by atoms with Crippen LogP contribution in [-0.4, -0.2) is 30.5 Å². The number of halogens is 6. The fraction of sp³-hybridized carbons (Fsp3) is 0.136. The van der Waals surface area contributed by atoms with E-state index < -0.39 is 40.7 Å². The number of benzene rings is 1. The van der Waals surface area contributed by atoms with Gasteiger partial charge in [-0.3, -0.25) is 19.1 Å². The second-order valence-electron chi connectivity index (χ2n) is 7.45. The molecule has 0 aliphatic heterocycles. The summed E-state index contributed by atoms with van der Waals surface area (Å²) in [4.78, 5) is 38.1. The Bertz CT molecular complexity index is 1570. The number of fused-ring (bicyclic) bond motifs is 1. The maximum atomic E-state index is 13.5. The molecular weight excluding hydrogens is 546 g/mol. The maximum absolute atomic E-state index is 13.5. The van der Waals surface area contributed by atoms with Crippen molar-refractivity contribution in [1.29, 1.82) is 0 Å². The van der Waals surface area contributed by atoms with Crippen molar-refractivity contribution in [3.8, 4) is 5.75 Å². The predicted molar refractivity (Wildman–Crippen MR) is 128 cm³/mol. The number of amides is 1. The zero-order valence-corrected chi connectivity index (χ0v) is 20.3. The molecule has 0 fully saturated rings. The Morgan fingerprint density at radius 1 is 1.14 bits per heavy atom. The first-order chi connectivity index (χ1) is 16.9. The van der Waals surface area contributed by atoms with Crippen molar-refractivity contribution in [3.63, 3.8) is 0 Å². The second kappa shape index (κ2) is 9.57. The number of nitrogens with one attached hydrogen (secondary N) is 1. The molecule has 186 valence electrons. The lowest BCUT2D eigenvalue weighted by Gasteiger charge is -2.16. The highest BCUT2D eigenvalue weighted by Crippen LogP contribution is 2.33. The fourth-order valence-electron chi connectivity index (χ4n) is 3.44. The molecule has 36 heavy (non-hydrogen) atoms. The lowest BCUT2D eigenvalue weighted by molar-refractivity contribution is -0.138. The first-order valence-electron chi connectivity index (χ1n) is 9.95. The van der Waals surface area contributed by atoms with Crippen LogP contribution in [0.1, 0.15) is 27.6 Å². The average molecular weight is 559 g/mol. The van der Waals surface area contributed by atoms with Gasteiger partial charge < -0.3 is 10.4 Å². The minimum Gasteiger partial charge on any atom is -0.504 e. The van der Waals surface area contributed by atoms with Crippen molar-refractivity contribution < 1.29 is 23.1 Å². The summed E-state index contributed by atoms with van der Waals surface area (Å²) in [7, 11) is 0. The molecular formula is C22H13Cl3F3N5O3. The molecule has 0 aliphatic rings. The van der Waals surface area contributed by atoms with E-state index >= 15 is 0 Å². The number of alkyl halides is 3. The van der Waals surface area contributed by atoms with Gasteiger partial charge in [-0.05, 0) is 37.3 Å². The summed E-state index contributed by atoms with van der Waals surface area (Å²) in [6.07, 6.45) is -3.50. The monoisotopic (exact) mass is 557 g/mol. The predicted octanol–water partition coefficient (Wildman–Crippen LogP) is 5.48. The van der Waals surface area contributed by atoms with E-state index in [9.17, 15) is 27.9 Å². The number of pyridine rings is 2. The molecule has 1 aromatic carbocycles. The fourth-order valence-corrected chi connectivity index (χ4v) is 4.07. The average Bonchev–Trinajstić information content (AvgIpc) is 2.81. The Labute approximate surface area is 215 Å². The highest BCUT2D eigenvalue weighted by atomic mass is 35.5. The van der Waals surface area contributed by atoms with Crippen molar-refractivity contribution in [2.45, 2.75) is 19.6 Å². The van der Waals surface area contributed by atoms with E-state index in [-0.39, 0.29) is 43.8 Å². The largest absolute Gasteiger partial charge is 0.504 e. The van der Waals surface area contributed by atoms with Crippen LogP contribution in [0.2, 0.25) is 15.2 Å². The number of rotatable bonds is 4. The van der Waals surface area contributed by atoms with Crippen LogP contribution in [0, 0.1) is 6.92 Å². The van der Waals surface area contributed by atoms with Crippen LogP contribution in [0.3, 0.4) is 0 Å². The molecule has 1 amide bonds. The van der Waals surface area contributed by atoms with Crippen LogP contribution < -0.4 is 10.9 Å². The third-order valence-corrected chi connectivity index (χ3v) is 6.00. The third kappa shape index (κ3) is 4.81. The molecule has 3 aromatic heterocycles. The van der Waals surface area contributed by atoms with Crippen molar-refractivity contribution in [1.82, 2.24) is 19.5 Å². The van der Waals surface area contributed by atoms with E-state index in [2.05, 4.69) is 20.3 Å². The first-order valence-corrected chi connectivity index (χ1v) is 11.1. The second-order valence-corrected chi connectivity index (χ2v) is 8.62. The first kappa shape index (κ1) is 25.7. The summed E-state index contributed by atoms with van der Waals surface area (Å²) < 4.78 is 41.4. The van der Waals surface area contributed by atoms with E-state index in [4.69, 9.17) is 34.8 Å². The van der Waals surface area contributed by atoms with Crippen LogP contribution in [-0.2, 0) is 12.7 Å². The van der Waals surface area contributed by atoms with E-state index in [0.29, 0.717) is 0 Å². The number of nitrogens with zero attached hydrogens (tertiary/aromatic N) is 4. The molecule has 0 atom stereocenters. The van der Waals surface area contributed by atoms with Gasteiger partial charge in [0.25, 0.3) is 11.5 Å². The lowest BCUT2D eigenvalue weighted by Crippen LogP contribution is -2.27. The lowest BCUT2D eigenvalue weighted by atomic mass is 10.1. The van der Waals surface area contributed by atoms with Crippen LogP contribution in [0.5, 0.6) is 5.75 Å². The minimum absolute atomic E-state index is 0.0278. The van der Waals surface area contributed by atoms with Gasteiger partial charge in [-0.1, -0.05) is 34.8 Å². The van der Waals surface area contributed by atoms with Crippen molar-refractivity contribution in [2.24, 2.45) is 0 Å². The van der Waals surface area contributed by atoms with Gasteiger partial charge in [-0.25, -0.2) is 9.97 Å². The molecule has 0 saturated heterocycles. The van der Waals surface area contributed by atoms with E-state index in [1.807, 2.05) is 0 Å². The summed E-state index contributed by atoms with van der Waals surface area (Å²) in [5.74, 6) is -1.27. The van der Waals surface area contributed by atoms with Gasteiger partial charge in [0.2, 0.25) is 0 Å². The molecule has 0 unspecified atom stereocenters. The molecule has 14 heteroatoms. The molecule has 8 nitrogen and oxygen atoms in total. The summed E-state index contributed by atoms with van der Waals surface area (Å²) in [6.45, 7) is 0.900. The van der Waals surface area contributed by atoms with Crippen LogP contribution >= 0.6 is 34.8 Å². The minimum atomic E-state index is -4.69. The Hall–Kier alpha value is -3.41. The third-order valence-electron chi connectivity index (χ3n) is 5.14. The highest BCUT2D eigenvalue weighted by molar-refractivity contribution is 6.37. The normalized spacial score (nSPS) is 11.6. The molecule has 0 spiro atoms. The van der Waals surface area contributed by atoms with Gasteiger partial charge in [0.1, 0.15) is 11.5 Å². The number of aromatic hydroxyl groups is 1. The van der Waals surface area contributed by atoms with Gasteiger partial charge in [0.15, 0.2) is 10.9 Å². The molecule has 0 saturated carbocycles. The molecule has 0 aliphatic carbocycles. The Morgan fingerprint density at radius 3 is 2.53 bits per heavy atom. The molecule has 0 radical (unpaired) electrons. The van der Waals surface area contributed by atoms with Crippen molar-refractivity contribution in [2.75, 3.05) is 5.32 Å². The molecule has 4 aromatic rings. The Morgan fingerprint density at radius 2 is 1.86 bits per heavy atom. The number of carbonyl (C=O) groups is 1. The van der Waals surface area contributed by atoms with Crippen LogP contribution in [0.25, 0.3) is 10.9 Å². The van der Waals surface area contributed by atoms with E-state index in [1.165, 1.54) is 25.3 Å². The van der Waals surface area contributed by atoms with Gasteiger partial charge in [-0.2, -0.15) is 13.2 Å².